The Kier molecular flexibility index (Phi) is 11.2. The molecule has 4 aromatic carbocycles. The minimum Gasteiger partial charge on any atom is -0.452 e. The summed E-state index contributed by atoms with van der Waals surface area (Å²) in [4.78, 5) is 54.8. The Morgan fingerprint density at radius 1 is 0.414 bits per heavy atom. The van der Waals surface area contributed by atoms with Gasteiger partial charge in [-0.3, -0.25) is 0 Å². The van der Waals surface area contributed by atoms with Crippen molar-refractivity contribution in [3.63, 3.8) is 0 Å². The van der Waals surface area contributed by atoms with E-state index in [0.29, 0.717) is 61.4 Å². The summed E-state index contributed by atoms with van der Waals surface area (Å²) in [6.45, 7) is 0. The molecular formula is C40H28F8O10. The molecule has 18 heteroatoms. The number of hydrogen-bond acceptors (Lipinski definition) is 10. The highest BCUT2D eigenvalue weighted by Gasteiger charge is 2.65. The first kappa shape index (κ1) is 40.3. The molecule has 0 unspecified atom stereocenters. The second-order valence-corrected chi connectivity index (χ2v) is 13.6. The molecule has 0 bridgehead atoms. The zero-order valence-corrected chi connectivity index (χ0v) is 29.5. The molecule has 10 nitrogen and oxygen atoms in total. The molecule has 58 heavy (non-hydrogen) atoms. The second-order valence-electron chi connectivity index (χ2n) is 13.6. The Morgan fingerprint density at radius 2 is 0.690 bits per heavy atom. The summed E-state index contributed by atoms with van der Waals surface area (Å²) in [5.41, 5.74) is -2.43. The maximum absolute atomic E-state index is 14.3. The molecule has 1 spiro atoms. The van der Waals surface area contributed by atoms with Crippen molar-refractivity contribution in [2.45, 2.75) is 74.5 Å². The zero-order chi connectivity index (χ0) is 41.5. The molecule has 1 heterocycles. The first-order chi connectivity index (χ1) is 27.6. The smallest absolute Gasteiger partial charge is 0.338 e. The molecule has 1 aliphatic heterocycles. The number of benzene rings is 4. The Hall–Kier alpha value is -5.88. The van der Waals surface area contributed by atoms with Crippen molar-refractivity contribution >= 4 is 23.9 Å². The molecule has 3 aliphatic rings. The lowest BCUT2D eigenvalue weighted by atomic mass is 9.84. The largest absolute Gasteiger partial charge is 0.452 e. The SMILES string of the molecule is O=C(O[C@@H]1[C@H](OC(=O)c2ccc(F)c(F)c2)[C@@H](OC(=O)c2ccc(F)c(F)c2)[C@@H]2OC3(CCCCC3)O[C@@H]2[C@H]1OC(=O)c1ccc(F)c(F)c1)c1ccc(F)c(F)c1. The van der Waals surface area contributed by atoms with Crippen LogP contribution >= 0.6 is 0 Å². The van der Waals surface area contributed by atoms with Crippen LogP contribution in [-0.2, 0) is 28.4 Å². The van der Waals surface area contributed by atoms with Crippen LogP contribution in [0.1, 0.15) is 73.5 Å². The van der Waals surface area contributed by atoms with Gasteiger partial charge in [-0.1, -0.05) is 6.42 Å². The van der Waals surface area contributed by atoms with Gasteiger partial charge in [0, 0.05) is 12.8 Å². The topological polar surface area (TPSA) is 124 Å². The summed E-state index contributed by atoms with van der Waals surface area (Å²) in [6, 6.07) is 7.58. The fraction of sp³-hybridized carbons (Fsp3) is 0.300. The number of fused-ring (bicyclic) bond motifs is 1. The highest BCUT2D eigenvalue weighted by atomic mass is 19.2. The minimum absolute atomic E-state index is 0.201. The third kappa shape index (κ3) is 8.11. The maximum atomic E-state index is 14.3. The van der Waals surface area contributed by atoms with Gasteiger partial charge in [0.1, 0.15) is 12.2 Å². The molecule has 6 atom stereocenters. The lowest BCUT2D eigenvalue weighted by Crippen LogP contribution is -2.66. The summed E-state index contributed by atoms with van der Waals surface area (Å²) in [7, 11) is 0. The van der Waals surface area contributed by atoms with Gasteiger partial charge in [0.25, 0.3) is 0 Å². The minimum atomic E-state index is -2.20. The molecule has 0 N–H and O–H groups in total. The Morgan fingerprint density at radius 3 is 0.966 bits per heavy atom. The van der Waals surface area contributed by atoms with Crippen molar-refractivity contribution in [3.05, 3.63) is 142 Å². The Labute approximate surface area is 322 Å². The van der Waals surface area contributed by atoms with Crippen molar-refractivity contribution < 1.29 is 82.7 Å². The van der Waals surface area contributed by atoms with E-state index in [2.05, 4.69) is 0 Å². The van der Waals surface area contributed by atoms with E-state index in [1.54, 1.807) is 0 Å². The van der Waals surface area contributed by atoms with Gasteiger partial charge in [0.05, 0.1) is 22.3 Å². The number of hydrogen-bond donors (Lipinski definition) is 0. The molecule has 2 saturated carbocycles. The van der Waals surface area contributed by atoms with Gasteiger partial charge in [-0.25, -0.2) is 54.3 Å². The summed E-state index contributed by atoms with van der Waals surface area (Å²) in [5.74, 6) is -18.5. The Bertz CT molecular complexity index is 2130. The normalized spacial score (nSPS) is 23.4. The summed E-state index contributed by atoms with van der Waals surface area (Å²) >= 11 is 0. The van der Waals surface area contributed by atoms with E-state index in [9.17, 15) is 54.3 Å². The van der Waals surface area contributed by atoms with Crippen molar-refractivity contribution in [3.8, 4) is 0 Å². The molecule has 3 fully saturated rings. The van der Waals surface area contributed by atoms with E-state index in [1.807, 2.05) is 0 Å². The fourth-order valence-corrected chi connectivity index (χ4v) is 7.04. The number of ether oxygens (including phenoxy) is 6. The van der Waals surface area contributed by atoms with Crippen LogP contribution in [0.5, 0.6) is 0 Å². The van der Waals surface area contributed by atoms with Crippen LogP contribution in [0, 0.1) is 46.5 Å². The standard InChI is InChI=1S/C40H28F8O10/c41-22-8-4-18(14-26(22)45)36(49)53-30-31(54-37(50)19-5-9-23(42)27(46)15-19)33(56-39(52)21-7-11-25(44)29(48)17-21)35-34(57-40(58-35)12-2-1-3-13-40)32(30)55-38(51)20-6-10-24(43)28(47)16-20/h4-11,14-17,30-35H,1-3,12-13H2/t30-,31+,32+,33-,34-,35+. The van der Waals surface area contributed by atoms with Crippen molar-refractivity contribution in [2.75, 3.05) is 0 Å². The second kappa shape index (κ2) is 16.2. The molecule has 0 aromatic heterocycles. The highest BCUT2D eigenvalue weighted by Crippen LogP contribution is 2.48. The van der Waals surface area contributed by atoms with Gasteiger partial charge < -0.3 is 28.4 Å². The zero-order valence-electron chi connectivity index (χ0n) is 29.5. The number of carbonyl (C=O) groups is 4. The molecule has 0 amide bonds. The fourth-order valence-electron chi connectivity index (χ4n) is 7.04. The van der Waals surface area contributed by atoms with Gasteiger partial charge in [-0.2, -0.15) is 0 Å². The third-order valence-electron chi connectivity index (χ3n) is 9.85. The van der Waals surface area contributed by atoms with Crippen LogP contribution in [0.15, 0.2) is 72.8 Å². The van der Waals surface area contributed by atoms with Crippen LogP contribution < -0.4 is 0 Å². The molecule has 304 valence electrons. The number of halogens is 8. The average Bonchev–Trinajstić information content (AvgIpc) is 3.56. The molecule has 4 aromatic rings. The molecular weight excluding hydrogens is 792 g/mol. The number of carbonyl (C=O) groups excluding carboxylic acids is 4. The van der Waals surface area contributed by atoms with Crippen LogP contribution in [0.3, 0.4) is 0 Å². The lowest BCUT2D eigenvalue weighted by Gasteiger charge is -2.44. The first-order valence-electron chi connectivity index (χ1n) is 17.6. The van der Waals surface area contributed by atoms with Gasteiger partial charge in [0.15, 0.2) is 76.7 Å². The third-order valence-corrected chi connectivity index (χ3v) is 9.85. The number of rotatable bonds is 8. The quantitative estimate of drug-likeness (QED) is 0.101. The van der Waals surface area contributed by atoms with Crippen molar-refractivity contribution in [2.24, 2.45) is 0 Å². The summed E-state index contributed by atoms with van der Waals surface area (Å²) in [5, 5.41) is 0. The van der Waals surface area contributed by atoms with Crippen LogP contribution in [0.25, 0.3) is 0 Å². The average molecular weight is 821 g/mol. The van der Waals surface area contributed by atoms with E-state index >= 15 is 0 Å². The van der Waals surface area contributed by atoms with Crippen molar-refractivity contribution in [1.29, 1.82) is 0 Å². The van der Waals surface area contributed by atoms with E-state index in [0.717, 1.165) is 30.7 Å². The van der Waals surface area contributed by atoms with E-state index in [1.165, 1.54) is 0 Å². The predicted octanol–water partition coefficient (Wildman–Crippen LogP) is 7.46. The van der Waals surface area contributed by atoms with Crippen LogP contribution in [0.2, 0.25) is 0 Å². The van der Waals surface area contributed by atoms with Crippen molar-refractivity contribution in [1.82, 2.24) is 0 Å². The molecule has 2 aliphatic carbocycles. The van der Waals surface area contributed by atoms with Crippen LogP contribution in [-0.4, -0.2) is 66.3 Å². The van der Waals surface area contributed by atoms with Gasteiger partial charge >= 0.3 is 23.9 Å². The van der Waals surface area contributed by atoms with Gasteiger partial charge in [-0.15, -0.1) is 0 Å². The van der Waals surface area contributed by atoms with Gasteiger partial charge in [0.2, 0.25) is 0 Å². The lowest BCUT2D eigenvalue weighted by molar-refractivity contribution is -0.203. The van der Waals surface area contributed by atoms with Crippen LogP contribution in [0.4, 0.5) is 35.1 Å². The predicted molar refractivity (Wildman–Crippen MR) is 178 cm³/mol. The monoisotopic (exact) mass is 820 g/mol. The maximum Gasteiger partial charge on any atom is 0.338 e. The molecule has 1 saturated heterocycles. The summed E-state index contributed by atoms with van der Waals surface area (Å²) in [6.07, 6.45) is -9.43. The van der Waals surface area contributed by atoms with E-state index in [4.69, 9.17) is 28.4 Å². The van der Waals surface area contributed by atoms with Gasteiger partial charge in [-0.05, 0) is 85.6 Å². The van der Waals surface area contributed by atoms with E-state index in [-0.39, 0.29) is 12.8 Å². The summed E-state index contributed by atoms with van der Waals surface area (Å²) < 4.78 is 148. The Balaban J connectivity index is 1.37. The molecule has 7 rings (SSSR count). The molecule has 0 radical (unpaired) electrons. The number of esters is 4. The highest BCUT2D eigenvalue weighted by molar-refractivity contribution is 5.92. The first-order valence-corrected chi connectivity index (χ1v) is 17.6. The van der Waals surface area contributed by atoms with E-state index < -0.39 is 135 Å².